The number of hydrogen-bond acceptors (Lipinski definition) is 4. The van der Waals surface area contributed by atoms with Gasteiger partial charge in [0.1, 0.15) is 4.83 Å². The number of rotatable bonds is 2. The first-order valence-electron chi connectivity index (χ1n) is 7.57. The summed E-state index contributed by atoms with van der Waals surface area (Å²) in [6.07, 6.45) is 3.28. The van der Waals surface area contributed by atoms with Gasteiger partial charge in [0.15, 0.2) is 5.16 Å². The number of H-pyrrole nitrogens is 1. The number of thiophene rings is 1. The number of nitrogens with zero attached hydrogens (tertiary/aromatic N) is 1. The van der Waals surface area contributed by atoms with Crippen molar-refractivity contribution in [2.75, 3.05) is 5.75 Å². The third kappa shape index (κ3) is 2.78. The topological polar surface area (TPSA) is 45.8 Å². The Morgan fingerprint density at radius 2 is 2.19 bits per heavy atom. The molecule has 3 rings (SSSR count). The van der Waals surface area contributed by atoms with Crippen LogP contribution in [0.3, 0.4) is 0 Å². The van der Waals surface area contributed by atoms with Crippen molar-refractivity contribution in [3.8, 4) is 0 Å². The Hall–Kier alpha value is -0.810. The number of nitrogens with one attached hydrogen (secondary N) is 1. The molecule has 0 radical (unpaired) electrons. The molecule has 2 aromatic heterocycles. The predicted molar refractivity (Wildman–Crippen MR) is 91.6 cm³/mol. The highest BCUT2D eigenvalue weighted by Gasteiger charge is 2.31. The Balaban J connectivity index is 2.07. The molecule has 0 saturated carbocycles. The van der Waals surface area contributed by atoms with E-state index < -0.39 is 0 Å². The van der Waals surface area contributed by atoms with Gasteiger partial charge in [-0.3, -0.25) is 4.79 Å². The minimum atomic E-state index is 0.0441. The van der Waals surface area contributed by atoms with E-state index in [9.17, 15) is 4.79 Å². The maximum atomic E-state index is 12.4. The van der Waals surface area contributed by atoms with Crippen LogP contribution in [0.1, 0.15) is 44.6 Å². The molecule has 114 valence electrons. The van der Waals surface area contributed by atoms with Gasteiger partial charge >= 0.3 is 0 Å². The van der Waals surface area contributed by atoms with Gasteiger partial charge < -0.3 is 4.98 Å². The van der Waals surface area contributed by atoms with Crippen LogP contribution in [0, 0.1) is 11.3 Å². The third-order valence-corrected chi connectivity index (χ3v) is 6.31. The van der Waals surface area contributed by atoms with Crippen LogP contribution >= 0.6 is 23.1 Å². The summed E-state index contributed by atoms with van der Waals surface area (Å²) < 4.78 is 0. The molecule has 1 N–H and O–H groups in total. The van der Waals surface area contributed by atoms with Crippen LogP contribution in [-0.4, -0.2) is 15.7 Å². The lowest BCUT2D eigenvalue weighted by molar-refractivity contribution is 0.218. The summed E-state index contributed by atoms with van der Waals surface area (Å²) in [6.45, 7) is 9.02. The number of aryl methyl sites for hydroxylation is 1. The second kappa shape index (κ2) is 5.43. The van der Waals surface area contributed by atoms with E-state index in [0.29, 0.717) is 11.3 Å². The van der Waals surface area contributed by atoms with Gasteiger partial charge in [0, 0.05) is 4.88 Å². The zero-order chi connectivity index (χ0) is 15.2. The smallest absolute Gasteiger partial charge is 0.260 e. The number of aromatic amines is 1. The highest BCUT2D eigenvalue weighted by atomic mass is 32.2. The molecule has 2 aromatic rings. The molecule has 0 amide bonds. The molecule has 21 heavy (non-hydrogen) atoms. The molecule has 3 nitrogen and oxygen atoms in total. The fraction of sp³-hybridized carbons (Fsp3) is 0.625. The van der Waals surface area contributed by atoms with Crippen molar-refractivity contribution in [2.24, 2.45) is 11.3 Å². The summed E-state index contributed by atoms with van der Waals surface area (Å²) in [5, 5.41) is 1.60. The Bertz CT molecular complexity index is 724. The van der Waals surface area contributed by atoms with Crippen molar-refractivity contribution < 1.29 is 0 Å². The van der Waals surface area contributed by atoms with Crippen LogP contribution in [0.5, 0.6) is 0 Å². The quantitative estimate of drug-likeness (QED) is 0.664. The van der Waals surface area contributed by atoms with Gasteiger partial charge in [-0.2, -0.15) is 0 Å². The predicted octanol–water partition coefficient (Wildman–Crippen LogP) is 4.25. The van der Waals surface area contributed by atoms with E-state index in [1.165, 1.54) is 16.9 Å². The lowest BCUT2D eigenvalue weighted by atomic mass is 9.72. The molecule has 0 unspecified atom stereocenters. The van der Waals surface area contributed by atoms with Gasteiger partial charge in [0.05, 0.1) is 5.39 Å². The Morgan fingerprint density at radius 1 is 1.43 bits per heavy atom. The first-order chi connectivity index (χ1) is 9.90. The van der Waals surface area contributed by atoms with E-state index in [4.69, 9.17) is 0 Å². The molecule has 1 aliphatic carbocycles. The van der Waals surface area contributed by atoms with Gasteiger partial charge in [-0.15, -0.1) is 11.3 Å². The molecular formula is C16H22N2OS2. The lowest BCUT2D eigenvalue weighted by Gasteiger charge is -2.33. The van der Waals surface area contributed by atoms with E-state index >= 15 is 0 Å². The van der Waals surface area contributed by atoms with Gasteiger partial charge in [0.2, 0.25) is 0 Å². The van der Waals surface area contributed by atoms with E-state index in [2.05, 4.69) is 37.7 Å². The minimum Gasteiger partial charge on any atom is -0.301 e. The Labute approximate surface area is 133 Å². The molecule has 0 aromatic carbocycles. The van der Waals surface area contributed by atoms with Gasteiger partial charge in [-0.25, -0.2) is 4.98 Å². The molecular weight excluding hydrogens is 300 g/mol. The number of aromatic nitrogens is 2. The molecule has 0 fully saturated rings. The molecule has 0 bridgehead atoms. The highest BCUT2D eigenvalue weighted by Crippen LogP contribution is 2.42. The summed E-state index contributed by atoms with van der Waals surface area (Å²) in [4.78, 5) is 22.3. The van der Waals surface area contributed by atoms with Gasteiger partial charge in [-0.1, -0.05) is 39.5 Å². The highest BCUT2D eigenvalue weighted by molar-refractivity contribution is 7.99. The zero-order valence-corrected chi connectivity index (χ0v) is 14.7. The molecule has 1 atom stereocenters. The number of fused-ring (bicyclic) bond motifs is 3. The normalized spacial score (nSPS) is 19.0. The molecule has 0 saturated heterocycles. The van der Waals surface area contributed by atoms with Crippen LogP contribution < -0.4 is 5.56 Å². The molecule has 0 aliphatic heterocycles. The summed E-state index contributed by atoms with van der Waals surface area (Å²) in [7, 11) is 0. The molecule has 2 heterocycles. The fourth-order valence-electron chi connectivity index (χ4n) is 3.11. The zero-order valence-electron chi connectivity index (χ0n) is 13.1. The third-order valence-electron chi connectivity index (χ3n) is 4.40. The summed E-state index contributed by atoms with van der Waals surface area (Å²) in [5.41, 5.74) is 1.64. The van der Waals surface area contributed by atoms with E-state index in [1.807, 2.05) is 0 Å². The minimum absolute atomic E-state index is 0.0441. The molecule has 5 heteroatoms. The van der Waals surface area contributed by atoms with Crippen molar-refractivity contribution in [3.63, 3.8) is 0 Å². The maximum Gasteiger partial charge on any atom is 0.260 e. The first-order valence-corrected chi connectivity index (χ1v) is 9.37. The van der Waals surface area contributed by atoms with Crippen molar-refractivity contribution in [2.45, 2.75) is 52.1 Å². The molecule has 1 aliphatic rings. The van der Waals surface area contributed by atoms with E-state index in [-0.39, 0.29) is 5.56 Å². The first kappa shape index (κ1) is 15.1. The maximum absolute atomic E-state index is 12.4. The van der Waals surface area contributed by atoms with Crippen LogP contribution in [0.2, 0.25) is 0 Å². The molecule has 0 spiro atoms. The largest absolute Gasteiger partial charge is 0.301 e. The van der Waals surface area contributed by atoms with Crippen LogP contribution in [0.15, 0.2) is 9.95 Å². The summed E-state index contributed by atoms with van der Waals surface area (Å²) in [5.74, 6) is 1.62. The van der Waals surface area contributed by atoms with Crippen molar-refractivity contribution in [3.05, 3.63) is 20.8 Å². The standard InChI is InChI=1S/C16H22N2OS2/c1-5-20-15-17-13(19)12-10-7-6-9(16(2,3)4)8-11(10)21-14(12)18-15/h9H,5-8H2,1-4H3,(H,17,18,19)/t9-/m1/s1. The Kier molecular flexibility index (Phi) is 3.91. The van der Waals surface area contributed by atoms with Gasteiger partial charge in [-0.05, 0) is 41.9 Å². The average Bonchev–Trinajstić information content (AvgIpc) is 2.75. The van der Waals surface area contributed by atoms with Crippen LogP contribution in [0.25, 0.3) is 10.2 Å². The SMILES string of the molecule is CCSc1nc2sc3c(c2c(=O)[nH]1)CC[C@@H](C(C)(C)C)C3. The Morgan fingerprint density at radius 3 is 2.86 bits per heavy atom. The van der Waals surface area contributed by atoms with Gasteiger partial charge in [0.25, 0.3) is 5.56 Å². The second-order valence-electron chi connectivity index (χ2n) is 6.79. The second-order valence-corrected chi connectivity index (χ2v) is 9.13. The van der Waals surface area contributed by atoms with Crippen LogP contribution in [0.4, 0.5) is 0 Å². The monoisotopic (exact) mass is 322 g/mol. The van der Waals surface area contributed by atoms with Crippen LogP contribution in [-0.2, 0) is 12.8 Å². The number of hydrogen-bond donors (Lipinski definition) is 1. The summed E-state index contributed by atoms with van der Waals surface area (Å²) >= 11 is 3.32. The van der Waals surface area contributed by atoms with E-state index in [1.54, 1.807) is 23.1 Å². The number of thioether (sulfide) groups is 1. The van der Waals surface area contributed by atoms with Crippen molar-refractivity contribution in [1.29, 1.82) is 0 Å². The van der Waals surface area contributed by atoms with Crippen molar-refractivity contribution in [1.82, 2.24) is 9.97 Å². The average molecular weight is 322 g/mol. The fourth-order valence-corrected chi connectivity index (χ4v) is 5.06. The van der Waals surface area contributed by atoms with E-state index in [0.717, 1.165) is 34.0 Å². The summed E-state index contributed by atoms with van der Waals surface area (Å²) in [6, 6.07) is 0. The van der Waals surface area contributed by atoms with Crippen molar-refractivity contribution >= 4 is 33.3 Å². The lowest BCUT2D eigenvalue weighted by Crippen LogP contribution is -2.26.